The first kappa shape index (κ1) is 15.8. The number of hydrogen-bond donors (Lipinski definition) is 1. The van der Waals surface area contributed by atoms with Gasteiger partial charge >= 0.3 is 7.12 Å². The molecular formula is C14H22BClN2O2. The molecule has 6 heteroatoms. The van der Waals surface area contributed by atoms with Gasteiger partial charge in [0.2, 0.25) is 0 Å². The molecule has 20 heavy (non-hydrogen) atoms. The van der Waals surface area contributed by atoms with Crippen LogP contribution in [0.15, 0.2) is 12.3 Å². The molecule has 0 amide bonds. The van der Waals surface area contributed by atoms with E-state index < -0.39 is 7.12 Å². The third-order valence-corrected chi connectivity index (χ3v) is 4.19. The average molecular weight is 297 g/mol. The van der Waals surface area contributed by atoms with Gasteiger partial charge in [0.1, 0.15) is 0 Å². The van der Waals surface area contributed by atoms with Crippen LogP contribution in [0.3, 0.4) is 0 Å². The summed E-state index contributed by atoms with van der Waals surface area (Å²) in [5, 5.41) is 0.598. The Morgan fingerprint density at radius 1 is 1.30 bits per heavy atom. The first-order chi connectivity index (χ1) is 9.12. The summed E-state index contributed by atoms with van der Waals surface area (Å²) < 4.78 is 12.1. The summed E-state index contributed by atoms with van der Waals surface area (Å²) in [5.41, 5.74) is 6.87. The summed E-state index contributed by atoms with van der Waals surface area (Å²) in [7, 11) is -0.481. The van der Waals surface area contributed by atoms with Crippen LogP contribution >= 0.6 is 11.6 Å². The Morgan fingerprint density at radius 2 is 1.85 bits per heavy atom. The number of hydrogen-bond acceptors (Lipinski definition) is 4. The molecule has 2 rings (SSSR count). The van der Waals surface area contributed by atoms with E-state index in [0.29, 0.717) is 11.4 Å². The summed E-state index contributed by atoms with van der Waals surface area (Å²) in [6.07, 6.45) is 2.31. The first-order valence-corrected chi connectivity index (χ1v) is 7.26. The van der Waals surface area contributed by atoms with Gasteiger partial charge in [0.15, 0.2) is 0 Å². The summed E-state index contributed by atoms with van der Waals surface area (Å²) in [6, 6.07) is 1.91. The van der Waals surface area contributed by atoms with Crippen LogP contribution in [0.5, 0.6) is 0 Å². The monoisotopic (exact) mass is 296 g/mol. The lowest BCUT2D eigenvalue weighted by Gasteiger charge is -2.32. The van der Waals surface area contributed by atoms with E-state index >= 15 is 0 Å². The van der Waals surface area contributed by atoms with Gasteiger partial charge in [0, 0.05) is 12.2 Å². The van der Waals surface area contributed by atoms with E-state index in [1.807, 2.05) is 40.7 Å². The van der Waals surface area contributed by atoms with Crippen molar-refractivity contribution in [1.82, 2.24) is 4.98 Å². The molecule has 0 bridgehead atoms. The predicted molar refractivity (Wildman–Crippen MR) is 82.3 cm³/mol. The van der Waals surface area contributed by atoms with E-state index in [4.69, 9.17) is 26.6 Å². The van der Waals surface area contributed by atoms with E-state index in [0.717, 1.165) is 11.2 Å². The number of pyridine rings is 1. The van der Waals surface area contributed by atoms with Gasteiger partial charge < -0.3 is 15.0 Å². The molecule has 0 aliphatic carbocycles. The number of rotatable bonds is 3. The zero-order valence-corrected chi connectivity index (χ0v) is 13.5. The quantitative estimate of drug-likeness (QED) is 0.866. The average Bonchev–Trinajstić information content (AvgIpc) is 2.46. The van der Waals surface area contributed by atoms with E-state index in [-0.39, 0.29) is 17.2 Å². The molecule has 110 valence electrons. The minimum Gasteiger partial charge on any atom is -0.398 e. The zero-order chi connectivity index (χ0) is 15.1. The van der Waals surface area contributed by atoms with Crippen molar-refractivity contribution in [3.05, 3.63) is 22.8 Å². The van der Waals surface area contributed by atoms with Crippen molar-refractivity contribution in [2.45, 2.75) is 58.3 Å². The molecule has 1 saturated heterocycles. The molecule has 4 nitrogen and oxygen atoms in total. The molecule has 1 aromatic rings. The van der Waals surface area contributed by atoms with Gasteiger partial charge in [-0.2, -0.15) is 0 Å². The van der Waals surface area contributed by atoms with Crippen LogP contribution in [0, 0.1) is 0 Å². The van der Waals surface area contributed by atoms with Gasteiger partial charge in [-0.1, -0.05) is 11.6 Å². The van der Waals surface area contributed by atoms with Crippen LogP contribution in [0.1, 0.15) is 40.2 Å². The van der Waals surface area contributed by atoms with Gasteiger partial charge in [-0.25, -0.2) is 0 Å². The highest BCUT2D eigenvalue weighted by atomic mass is 35.5. The topological polar surface area (TPSA) is 57.4 Å². The van der Waals surface area contributed by atoms with E-state index in [9.17, 15) is 0 Å². The fourth-order valence-electron chi connectivity index (χ4n) is 2.17. The number of nitrogens with two attached hydrogens (primary N) is 1. The van der Waals surface area contributed by atoms with Crippen LogP contribution in [-0.2, 0) is 15.7 Å². The van der Waals surface area contributed by atoms with Crippen molar-refractivity contribution < 1.29 is 9.31 Å². The summed E-state index contributed by atoms with van der Waals surface area (Å²) in [5.74, 6) is 0. The van der Waals surface area contributed by atoms with Crippen molar-refractivity contribution >= 4 is 24.3 Å². The molecule has 0 aromatic carbocycles. The summed E-state index contributed by atoms with van der Waals surface area (Å²) >= 11 is 6.03. The molecule has 1 aliphatic heterocycles. The second-order valence-electron chi connectivity index (χ2n) is 6.47. The molecule has 0 saturated carbocycles. The van der Waals surface area contributed by atoms with Crippen molar-refractivity contribution in [3.63, 3.8) is 0 Å². The SMILES string of the molecule is CC(N)Cc1cc(Cl)cnc1B1OC(C)(C)C(C)(C)O1. The Bertz CT molecular complexity index is 490. The van der Waals surface area contributed by atoms with Gasteiger partial charge in [-0.05, 0) is 52.7 Å². The molecule has 1 aromatic heterocycles. The highest BCUT2D eigenvalue weighted by molar-refractivity contribution is 6.61. The highest BCUT2D eigenvalue weighted by Crippen LogP contribution is 2.36. The van der Waals surface area contributed by atoms with Gasteiger partial charge in [-0.3, -0.25) is 4.98 Å². The number of aromatic nitrogens is 1. The Kier molecular flexibility index (Phi) is 4.18. The highest BCUT2D eigenvalue weighted by Gasteiger charge is 2.52. The van der Waals surface area contributed by atoms with Crippen molar-refractivity contribution in [3.8, 4) is 0 Å². The van der Waals surface area contributed by atoms with Crippen molar-refractivity contribution in [1.29, 1.82) is 0 Å². The summed E-state index contributed by atoms with van der Waals surface area (Å²) in [4.78, 5) is 4.41. The van der Waals surface area contributed by atoms with E-state index in [1.165, 1.54) is 0 Å². The van der Waals surface area contributed by atoms with Crippen LogP contribution in [0.2, 0.25) is 5.02 Å². The van der Waals surface area contributed by atoms with Crippen molar-refractivity contribution in [2.24, 2.45) is 5.73 Å². The standard InChI is InChI=1S/C14H22BClN2O2/c1-9(17)6-10-7-11(16)8-18-12(10)15-19-13(2,3)14(4,5)20-15/h7-9H,6,17H2,1-5H3. The van der Waals surface area contributed by atoms with Gasteiger partial charge in [-0.15, -0.1) is 0 Å². The molecule has 2 heterocycles. The Balaban J connectivity index is 2.34. The molecule has 0 radical (unpaired) electrons. The third-order valence-electron chi connectivity index (χ3n) is 3.99. The minimum atomic E-state index is -0.481. The fourth-order valence-corrected chi connectivity index (χ4v) is 2.35. The van der Waals surface area contributed by atoms with Crippen molar-refractivity contribution in [2.75, 3.05) is 0 Å². The molecular weight excluding hydrogens is 274 g/mol. The zero-order valence-electron chi connectivity index (χ0n) is 12.7. The van der Waals surface area contributed by atoms with Crippen LogP contribution in [0.4, 0.5) is 0 Å². The lowest BCUT2D eigenvalue weighted by molar-refractivity contribution is 0.00578. The number of nitrogens with zero attached hydrogens (tertiary/aromatic N) is 1. The maximum atomic E-state index is 6.04. The normalized spacial score (nSPS) is 22.1. The van der Waals surface area contributed by atoms with Crippen LogP contribution in [-0.4, -0.2) is 29.3 Å². The smallest absolute Gasteiger partial charge is 0.398 e. The second kappa shape index (κ2) is 5.30. The van der Waals surface area contributed by atoms with E-state index in [2.05, 4.69) is 4.98 Å². The first-order valence-electron chi connectivity index (χ1n) is 6.88. The predicted octanol–water partition coefficient (Wildman–Crippen LogP) is 1.92. The Morgan fingerprint density at radius 3 is 2.35 bits per heavy atom. The number of halogens is 1. The lowest BCUT2D eigenvalue weighted by Crippen LogP contribution is -2.41. The molecule has 1 aliphatic rings. The molecule has 2 N–H and O–H groups in total. The maximum absolute atomic E-state index is 6.04. The van der Waals surface area contributed by atoms with Crippen LogP contribution in [0.25, 0.3) is 0 Å². The third kappa shape index (κ3) is 3.01. The minimum absolute atomic E-state index is 0.0245. The van der Waals surface area contributed by atoms with Gasteiger partial charge in [0.25, 0.3) is 0 Å². The fraction of sp³-hybridized carbons (Fsp3) is 0.643. The van der Waals surface area contributed by atoms with Crippen LogP contribution < -0.4 is 11.3 Å². The molecule has 0 spiro atoms. The van der Waals surface area contributed by atoms with E-state index in [1.54, 1.807) is 6.20 Å². The Labute approximate surface area is 126 Å². The largest absolute Gasteiger partial charge is 0.514 e. The van der Waals surface area contributed by atoms with Gasteiger partial charge in [0.05, 0.1) is 21.8 Å². The maximum Gasteiger partial charge on any atom is 0.514 e. The second-order valence-corrected chi connectivity index (χ2v) is 6.90. The molecule has 1 atom stereocenters. The Hall–Kier alpha value is -0.615. The molecule has 1 fully saturated rings. The summed E-state index contributed by atoms with van der Waals surface area (Å²) in [6.45, 7) is 10.0. The lowest BCUT2D eigenvalue weighted by atomic mass is 9.79. The molecule has 1 unspecified atom stereocenters.